The van der Waals surface area contributed by atoms with E-state index in [1.54, 1.807) is 30.3 Å². The van der Waals surface area contributed by atoms with Crippen molar-refractivity contribution in [3.63, 3.8) is 0 Å². The molecule has 2 aromatic carbocycles. The number of amides is 1. The summed E-state index contributed by atoms with van der Waals surface area (Å²) in [7, 11) is 1.53. The van der Waals surface area contributed by atoms with Crippen LogP contribution in [0.2, 0.25) is 0 Å². The van der Waals surface area contributed by atoms with Crippen LogP contribution in [0.1, 0.15) is 16.8 Å². The van der Waals surface area contributed by atoms with Gasteiger partial charge in [-0.25, -0.2) is 4.39 Å². The molecule has 0 radical (unpaired) electrons. The monoisotopic (exact) mass is 303 g/mol. The van der Waals surface area contributed by atoms with Gasteiger partial charge in [-0.1, -0.05) is 12.1 Å². The van der Waals surface area contributed by atoms with Gasteiger partial charge in [-0.05, 0) is 42.8 Å². The minimum Gasteiger partial charge on any atom is -0.496 e. The van der Waals surface area contributed by atoms with Gasteiger partial charge in [0, 0.05) is 6.54 Å². The highest BCUT2D eigenvalue weighted by atomic mass is 19.1. The van der Waals surface area contributed by atoms with Crippen molar-refractivity contribution in [3.8, 4) is 11.5 Å². The second-order valence-corrected chi connectivity index (χ2v) is 4.61. The fourth-order valence-electron chi connectivity index (χ4n) is 1.92. The molecule has 0 aliphatic heterocycles. The second kappa shape index (κ2) is 8.02. The third kappa shape index (κ3) is 4.48. The lowest BCUT2D eigenvalue weighted by molar-refractivity contribution is 0.0948. The molecule has 1 N–H and O–H groups in total. The van der Waals surface area contributed by atoms with E-state index >= 15 is 0 Å². The summed E-state index contributed by atoms with van der Waals surface area (Å²) in [6.45, 7) is 0.927. The van der Waals surface area contributed by atoms with Crippen LogP contribution in [0.25, 0.3) is 0 Å². The Morgan fingerprint density at radius 2 is 1.86 bits per heavy atom. The highest BCUT2D eigenvalue weighted by Gasteiger charge is 2.10. The van der Waals surface area contributed by atoms with Crippen molar-refractivity contribution < 1.29 is 18.7 Å². The van der Waals surface area contributed by atoms with Crippen LogP contribution in [-0.2, 0) is 0 Å². The molecule has 0 saturated carbocycles. The summed E-state index contributed by atoms with van der Waals surface area (Å²) in [5.41, 5.74) is 0.504. The lowest BCUT2D eigenvalue weighted by Crippen LogP contribution is -2.26. The summed E-state index contributed by atoms with van der Waals surface area (Å²) in [5, 5.41) is 2.81. The highest BCUT2D eigenvalue weighted by Crippen LogP contribution is 2.16. The molecule has 0 heterocycles. The van der Waals surface area contributed by atoms with E-state index in [1.165, 1.54) is 19.2 Å². The zero-order valence-corrected chi connectivity index (χ0v) is 12.3. The van der Waals surface area contributed by atoms with Crippen molar-refractivity contribution in [2.24, 2.45) is 0 Å². The number of methoxy groups -OCH3 is 1. The van der Waals surface area contributed by atoms with Crippen LogP contribution < -0.4 is 14.8 Å². The second-order valence-electron chi connectivity index (χ2n) is 4.61. The molecule has 4 nitrogen and oxygen atoms in total. The van der Waals surface area contributed by atoms with E-state index in [4.69, 9.17) is 9.47 Å². The van der Waals surface area contributed by atoms with Gasteiger partial charge in [-0.2, -0.15) is 0 Å². The van der Waals surface area contributed by atoms with Crippen LogP contribution in [0.4, 0.5) is 4.39 Å². The summed E-state index contributed by atoms with van der Waals surface area (Å²) in [6.07, 6.45) is 0.651. The first kappa shape index (κ1) is 15.8. The van der Waals surface area contributed by atoms with Gasteiger partial charge in [0.05, 0.1) is 19.3 Å². The van der Waals surface area contributed by atoms with Crippen LogP contribution in [0, 0.1) is 5.82 Å². The first-order chi connectivity index (χ1) is 10.7. The molecule has 0 aromatic heterocycles. The number of rotatable bonds is 7. The minimum absolute atomic E-state index is 0.181. The van der Waals surface area contributed by atoms with Gasteiger partial charge < -0.3 is 14.8 Å². The Bertz CT molecular complexity index is 614. The van der Waals surface area contributed by atoms with Crippen LogP contribution in [0.15, 0.2) is 48.5 Å². The maximum atomic E-state index is 12.7. The largest absolute Gasteiger partial charge is 0.496 e. The van der Waals surface area contributed by atoms with E-state index in [0.717, 1.165) is 0 Å². The van der Waals surface area contributed by atoms with E-state index in [9.17, 15) is 9.18 Å². The Labute approximate surface area is 128 Å². The molecule has 0 aliphatic carbocycles. The first-order valence-corrected chi connectivity index (χ1v) is 7.00. The fourth-order valence-corrected chi connectivity index (χ4v) is 1.92. The molecule has 0 unspecified atom stereocenters. The molecule has 0 atom stereocenters. The molecule has 5 heteroatoms. The van der Waals surface area contributed by atoms with Crippen LogP contribution >= 0.6 is 0 Å². The van der Waals surface area contributed by atoms with Crippen molar-refractivity contribution in [2.45, 2.75) is 6.42 Å². The smallest absolute Gasteiger partial charge is 0.255 e. The molecule has 2 rings (SSSR count). The Kier molecular flexibility index (Phi) is 5.77. The topological polar surface area (TPSA) is 47.6 Å². The van der Waals surface area contributed by atoms with E-state index in [1.807, 2.05) is 6.07 Å². The molecular formula is C17H18FNO3. The predicted molar refractivity (Wildman–Crippen MR) is 81.8 cm³/mol. The average molecular weight is 303 g/mol. The molecule has 0 spiro atoms. The maximum Gasteiger partial charge on any atom is 0.255 e. The number of benzene rings is 2. The maximum absolute atomic E-state index is 12.7. The van der Waals surface area contributed by atoms with E-state index in [0.29, 0.717) is 36.6 Å². The van der Waals surface area contributed by atoms with Crippen molar-refractivity contribution in [3.05, 3.63) is 59.9 Å². The standard InChI is InChI=1S/C17H18FNO3/c1-21-16-6-3-2-5-15(16)17(20)19-11-4-12-22-14-9-7-13(18)8-10-14/h2-3,5-10H,4,11-12H2,1H3,(H,19,20). The molecular weight excluding hydrogens is 285 g/mol. The third-order valence-electron chi connectivity index (χ3n) is 3.04. The molecule has 0 fully saturated rings. The molecule has 1 amide bonds. The van der Waals surface area contributed by atoms with Gasteiger partial charge in [-0.15, -0.1) is 0 Å². The SMILES string of the molecule is COc1ccccc1C(=O)NCCCOc1ccc(F)cc1. The number of hydrogen-bond acceptors (Lipinski definition) is 3. The number of ether oxygens (including phenoxy) is 2. The minimum atomic E-state index is -0.295. The normalized spacial score (nSPS) is 10.1. The highest BCUT2D eigenvalue weighted by molar-refractivity contribution is 5.96. The van der Waals surface area contributed by atoms with Crippen molar-refractivity contribution in [2.75, 3.05) is 20.3 Å². The summed E-state index contributed by atoms with van der Waals surface area (Å²) >= 11 is 0. The van der Waals surface area contributed by atoms with Crippen molar-refractivity contribution in [1.82, 2.24) is 5.32 Å². The Balaban J connectivity index is 1.72. The zero-order chi connectivity index (χ0) is 15.8. The van der Waals surface area contributed by atoms with Gasteiger partial charge in [0.25, 0.3) is 5.91 Å². The molecule has 0 bridgehead atoms. The van der Waals surface area contributed by atoms with Crippen molar-refractivity contribution in [1.29, 1.82) is 0 Å². The molecule has 0 saturated heterocycles. The molecule has 0 aliphatic rings. The third-order valence-corrected chi connectivity index (χ3v) is 3.04. The van der Waals surface area contributed by atoms with E-state index in [2.05, 4.69) is 5.32 Å². The Morgan fingerprint density at radius 3 is 2.59 bits per heavy atom. The summed E-state index contributed by atoms with van der Waals surface area (Å²) in [6, 6.07) is 12.9. The van der Waals surface area contributed by atoms with Gasteiger partial charge in [0.15, 0.2) is 0 Å². The molecule has 2 aromatic rings. The van der Waals surface area contributed by atoms with E-state index < -0.39 is 0 Å². The number of carbonyl (C=O) groups excluding carboxylic acids is 1. The number of carbonyl (C=O) groups is 1. The Morgan fingerprint density at radius 1 is 1.14 bits per heavy atom. The average Bonchev–Trinajstić information content (AvgIpc) is 2.56. The summed E-state index contributed by atoms with van der Waals surface area (Å²) < 4.78 is 23.3. The Hall–Kier alpha value is -2.56. The lowest BCUT2D eigenvalue weighted by Gasteiger charge is -2.09. The number of halogens is 1. The van der Waals surface area contributed by atoms with Crippen LogP contribution in [0.5, 0.6) is 11.5 Å². The number of nitrogens with one attached hydrogen (secondary N) is 1. The van der Waals surface area contributed by atoms with Gasteiger partial charge in [0.1, 0.15) is 17.3 Å². The quantitative estimate of drug-likeness (QED) is 0.800. The molecule has 116 valence electrons. The van der Waals surface area contributed by atoms with Gasteiger partial charge in [0.2, 0.25) is 0 Å². The van der Waals surface area contributed by atoms with E-state index in [-0.39, 0.29) is 11.7 Å². The number of para-hydroxylation sites is 1. The fraction of sp³-hybridized carbons (Fsp3) is 0.235. The van der Waals surface area contributed by atoms with Crippen LogP contribution in [0.3, 0.4) is 0 Å². The lowest BCUT2D eigenvalue weighted by atomic mass is 10.2. The van der Waals surface area contributed by atoms with Crippen molar-refractivity contribution >= 4 is 5.91 Å². The zero-order valence-electron chi connectivity index (χ0n) is 12.3. The predicted octanol–water partition coefficient (Wildman–Crippen LogP) is 3.03. The number of hydrogen-bond donors (Lipinski definition) is 1. The van der Waals surface area contributed by atoms with Crippen LogP contribution in [-0.4, -0.2) is 26.2 Å². The van der Waals surface area contributed by atoms with Gasteiger partial charge >= 0.3 is 0 Å². The first-order valence-electron chi connectivity index (χ1n) is 7.00. The summed E-state index contributed by atoms with van der Waals surface area (Å²) in [5.74, 6) is 0.677. The molecule has 22 heavy (non-hydrogen) atoms. The summed E-state index contributed by atoms with van der Waals surface area (Å²) in [4.78, 5) is 12.0. The van der Waals surface area contributed by atoms with Gasteiger partial charge in [-0.3, -0.25) is 4.79 Å².